The van der Waals surface area contributed by atoms with Crippen LogP contribution in [-0.4, -0.2) is 5.26 Å². The summed E-state index contributed by atoms with van der Waals surface area (Å²) in [5, 5.41) is 27.0. The maximum Gasteiger partial charge on any atom is -0.00581 e. The fourth-order valence-electron chi connectivity index (χ4n) is 0.0238. The summed E-state index contributed by atoms with van der Waals surface area (Å²) in [7, 11) is 0. The van der Waals surface area contributed by atoms with Gasteiger partial charge < -0.3 is 5.26 Å². The second kappa shape index (κ2) is 4.76. The van der Waals surface area contributed by atoms with Gasteiger partial charge in [-0.3, -0.25) is 5.04 Å². The molecule has 0 saturated heterocycles. The molecule has 0 saturated carbocycles. The van der Waals surface area contributed by atoms with E-state index in [-0.39, 0.29) is 0 Å². The quantitative estimate of drug-likeness (QED) is 0.263. The first-order valence-corrected chi connectivity index (χ1v) is 0.849. The lowest BCUT2D eigenvalue weighted by molar-refractivity contribution is -0.888. The number of hydrogen-bond acceptors (Lipinski definition) is 6. The lowest BCUT2D eigenvalue weighted by Crippen LogP contribution is -2.05. The molecule has 0 fully saturated rings. The zero-order chi connectivity index (χ0) is 4.83. The third-order valence-corrected chi connectivity index (χ3v) is 0.0860. The van der Waals surface area contributed by atoms with E-state index in [9.17, 15) is 0 Å². The van der Waals surface area contributed by atoms with Crippen LogP contribution in [-0.2, 0) is 20.2 Å². The van der Waals surface area contributed by atoms with Crippen molar-refractivity contribution in [2.75, 3.05) is 0 Å². The first-order valence-electron chi connectivity index (χ1n) is 0.849. The van der Waals surface area contributed by atoms with Crippen LogP contribution in [0, 0.1) is 0 Å². The monoisotopic (exact) mass is 97.0 g/mol. The fraction of sp³-hybridized carbons (Fsp3) is 0. The molecule has 6 heavy (non-hydrogen) atoms. The molecular weight excluding hydrogens is 96.0 g/mol. The Morgan fingerprint density at radius 1 is 1.33 bits per heavy atom. The van der Waals surface area contributed by atoms with Gasteiger partial charge in [0.2, 0.25) is 0 Å². The second-order valence-electron chi connectivity index (χ2n) is 0.279. The van der Waals surface area contributed by atoms with Crippen LogP contribution in [0.4, 0.5) is 0 Å². The van der Waals surface area contributed by atoms with Gasteiger partial charge in [0.05, 0.1) is 0 Å². The minimum Gasteiger partial charge on any atom is -0.689 e. The smallest absolute Gasteiger partial charge is 0.00581 e. The molecule has 0 rings (SSSR count). The Balaban J connectivity index is 2.34. The highest BCUT2D eigenvalue weighted by Crippen LogP contribution is 1.69. The predicted octanol–water partition coefficient (Wildman–Crippen LogP) is -1.45. The maximum atomic E-state index is 8.65. The molecule has 1 N–H and O–H groups in total. The summed E-state index contributed by atoms with van der Waals surface area (Å²) in [6, 6.07) is 0. The van der Waals surface area contributed by atoms with Crippen molar-refractivity contribution in [1.29, 1.82) is 0 Å². The van der Waals surface area contributed by atoms with Crippen molar-refractivity contribution in [3.63, 3.8) is 0 Å². The summed E-state index contributed by atoms with van der Waals surface area (Å²) >= 11 is 0. The molecule has 6 nitrogen and oxygen atoms in total. The van der Waals surface area contributed by atoms with E-state index >= 15 is 0 Å². The molecular formula is HO6-. The molecule has 0 radical (unpaired) electrons. The van der Waals surface area contributed by atoms with E-state index in [1.165, 1.54) is 0 Å². The number of rotatable bonds is 3. The molecule has 0 aromatic carbocycles. The first-order chi connectivity index (χ1) is 2.91. The van der Waals surface area contributed by atoms with Crippen LogP contribution < -0.4 is 5.26 Å². The van der Waals surface area contributed by atoms with Crippen molar-refractivity contribution in [3.8, 4) is 0 Å². The van der Waals surface area contributed by atoms with Crippen molar-refractivity contribution in [1.82, 2.24) is 0 Å². The molecule has 0 spiro atoms. The average molecular weight is 97.0 g/mol. The van der Waals surface area contributed by atoms with E-state index in [1.54, 1.807) is 0 Å². The van der Waals surface area contributed by atoms with Gasteiger partial charge in [-0.25, -0.2) is 5.26 Å². The van der Waals surface area contributed by atoms with Gasteiger partial charge in [0.1, 0.15) is 0 Å². The van der Waals surface area contributed by atoms with Gasteiger partial charge in [-0.15, -0.1) is 0 Å². The van der Waals surface area contributed by atoms with Crippen molar-refractivity contribution in [2.24, 2.45) is 0 Å². The van der Waals surface area contributed by atoms with Crippen molar-refractivity contribution in [3.05, 3.63) is 0 Å². The van der Waals surface area contributed by atoms with E-state index in [0.717, 1.165) is 0 Å². The summed E-state index contributed by atoms with van der Waals surface area (Å²) < 4.78 is 0. The second-order valence-corrected chi connectivity index (χ2v) is 0.279. The molecule has 0 amide bonds. The minimum atomic E-state index is 2.52. The van der Waals surface area contributed by atoms with Gasteiger partial charge >= 0.3 is 0 Å². The molecule has 6 heteroatoms. The van der Waals surface area contributed by atoms with Crippen molar-refractivity contribution in [2.45, 2.75) is 0 Å². The molecule has 0 aromatic rings. The molecule has 0 aliphatic heterocycles. The predicted molar refractivity (Wildman–Crippen MR) is 6.97 cm³/mol. The van der Waals surface area contributed by atoms with Gasteiger partial charge in [0, 0.05) is 0 Å². The molecule has 0 unspecified atom stereocenters. The molecule has 0 aromatic heterocycles. The fourth-order valence-corrected chi connectivity index (χ4v) is 0.0238. The molecule has 0 aliphatic rings. The van der Waals surface area contributed by atoms with Crippen LogP contribution in [0.5, 0.6) is 0 Å². The Labute approximate surface area is 32.1 Å². The van der Waals surface area contributed by atoms with Gasteiger partial charge in [-0.1, -0.05) is 0 Å². The van der Waals surface area contributed by atoms with E-state index in [0.29, 0.717) is 0 Å². The highest BCUT2D eigenvalue weighted by molar-refractivity contribution is 2.84. The largest absolute Gasteiger partial charge is 0.689 e. The van der Waals surface area contributed by atoms with E-state index in [1.807, 2.05) is 0 Å². The van der Waals surface area contributed by atoms with Gasteiger partial charge in [-0.05, 0) is 15.1 Å². The normalized spacial score (nSPS) is 9.00. The van der Waals surface area contributed by atoms with Crippen LogP contribution in [0.1, 0.15) is 0 Å². The lowest BCUT2D eigenvalue weighted by atomic mass is 14.2. The SMILES string of the molecule is [O-]OOOOO. The van der Waals surface area contributed by atoms with Crippen LogP contribution in [0.25, 0.3) is 0 Å². The van der Waals surface area contributed by atoms with Crippen molar-refractivity contribution < 1.29 is 30.7 Å². The lowest BCUT2D eigenvalue weighted by Gasteiger charge is -1.96. The molecule has 38 valence electrons. The average Bonchev–Trinajstić information content (AvgIpc) is 1.61. The van der Waals surface area contributed by atoms with E-state index in [4.69, 9.17) is 10.5 Å². The standard InChI is InChI=1S/H2O6/c1-3-5-6-4-2/h1-2H/p-1. The Morgan fingerprint density at radius 2 is 2.00 bits per heavy atom. The van der Waals surface area contributed by atoms with Gasteiger partial charge in [-0.2, -0.15) is 0 Å². The summed E-state index contributed by atoms with van der Waals surface area (Å²) in [4.78, 5) is 0. The molecule has 0 bridgehead atoms. The Kier molecular flexibility index (Phi) is 4.57. The zero-order valence-electron chi connectivity index (χ0n) is 2.49. The van der Waals surface area contributed by atoms with Gasteiger partial charge in [0.15, 0.2) is 0 Å². The van der Waals surface area contributed by atoms with E-state index in [2.05, 4.69) is 20.2 Å². The molecule has 0 atom stereocenters. The maximum absolute atomic E-state index is 8.65. The minimum absolute atomic E-state index is 2.52. The third-order valence-electron chi connectivity index (χ3n) is 0.0860. The highest BCUT2D eigenvalue weighted by Gasteiger charge is 1.71. The summed E-state index contributed by atoms with van der Waals surface area (Å²) in [6.45, 7) is 0. The van der Waals surface area contributed by atoms with Crippen molar-refractivity contribution >= 4 is 0 Å². The van der Waals surface area contributed by atoms with E-state index < -0.39 is 0 Å². The summed E-state index contributed by atoms with van der Waals surface area (Å²) in [6.07, 6.45) is 0. The summed E-state index contributed by atoms with van der Waals surface area (Å²) in [5.41, 5.74) is 0. The number of hydrogen-bond donors (Lipinski definition) is 1. The first kappa shape index (κ1) is 5.76. The highest BCUT2D eigenvalue weighted by atomic mass is 17.8. The van der Waals surface area contributed by atoms with Gasteiger partial charge in [0.25, 0.3) is 0 Å². The Morgan fingerprint density at radius 3 is 2.17 bits per heavy atom. The molecule has 0 heterocycles. The Hall–Kier alpha value is -0.240. The van der Waals surface area contributed by atoms with Crippen LogP contribution in [0.3, 0.4) is 0 Å². The topological polar surface area (TPSA) is 80.2 Å². The van der Waals surface area contributed by atoms with Crippen LogP contribution >= 0.6 is 0 Å². The van der Waals surface area contributed by atoms with Crippen LogP contribution in [0.2, 0.25) is 0 Å². The third kappa shape index (κ3) is 3.76. The Bertz CT molecular complexity index is 12.0. The molecule has 0 aliphatic carbocycles. The summed E-state index contributed by atoms with van der Waals surface area (Å²) in [5.74, 6) is 0. The zero-order valence-corrected chi connectivity index (χ0v) is 2.49. The van der Waals surface area contributed by atoms with Crippen LogP contribution in [0.15, 0.2) is 0 Å².